The van der Waals surface area contributed by atoms with Gasteiger partial charge in [0.05, 0.1) is 6.33 Å². The first-order valence-electron chi connectivity index (χ1n) is 5.56. The van der Waals surface area contributed by atoms with Crippen molar-refractivity contribution >= 4 is 5.91 Å². The number of hydrogen-bond acceptors (Lipinski definition) is 3. The minimum Gasteiger partial charge on any atom is -0.396 e. The quantitative estimate of drug-likeness (QED) is 0.788. The zero-order valence-electron chi connectivity index (χ0n) is 9.41. The van der Waals surface area contributed by atoms with Gasteiger partial charge in [-0.05, 0) is 6.92 Å². The van der Waals surface area contributed by atoms with Gasteiger partial charge in [0.1, 0.15) is 0 Å². The van der Waals surface area contributed by atoms with Crippen molar-refractivity contribution in [2.45, 2.75) is 25.9 Å². The summed E-state index contributed by atoms with van der Waals surface area (Å²) in [7, 11) is 0. The fourth-order valence-electron chi connectivity index (χ4n) is 2.16. The summed E-state index contributed by atoms with van der Waals surface area (Å²) in [6.45, 7) is 3.55. The Kier molecular flexibility index (Phi) is 3.24. The van der Waals surface area contributed by atoms with Crippen LogP contribution in [-0.2, 0) is 11.3 Å². The second-order valence-electron chi connectivity index (χ2n) is 4.41. The van der Waals surface area contributed by atoms with Crippen molar-refractivity contribution in [2.75, 3.05) is 13.2 Å². The highest BCUT2D eigenvalue weighted by Gasteiger charge is 2.31. The third-order valence-electron chi connectivity index (χ3n) is 3.06. The maximum atomic E-state index is 11.7. The average Bonchev–Trinajstić information content (AvgIpc) is 2.87. The maximum absolute atomic E-state index is 11.7. The topological polar surface area (TPSA) is 58.4 Å². The zero-order valence-corrected chi connectivity index (χ0v) is 9.41. The molecule has 1 saturated heterocycles. The molecule has 1 aliphatic heterocycles. The third kappa shape index (κ3) is 2.24. The molecule has 1 N–H and O–H groups in total. The number of rotatable bonds is 4. The van der Waals surface area contributed by atoms with Gasteiger partial charge >= 0.3 is 0 Å². The monoisotopic (exact) mass is 223 g/mol. The molecule has 1 aliphatic rings. The largest absolute Gasteiger partial charge is 0.396 e. The third-order valence-corrected chi connectivity index (χ3v) is 3.06. The van der Waals surface area contributed by atoms with Crippen molar-refractivity contribution in [3.05, 3.63) is 18.7 Å². The highest BCUT2D eigenvalue weighted by atomic mass is 16.3. The molecule has 16 heavy (non-hydrogen) atoms. The highest BCUT2D eigenvalue weighted by molar-refractivity contribution is 5.78. The summed E-state index contributed by atoms with van der Waals surface area (Å²) in [4.78, 5) is 17.5. The minimum absolute atomic E-state index is 0.0973. The van der Waals surface area contributed by atoms with Crippen LogP contribution in [0.5, 0.6) is 0 Å². The fourth-order valence-corrected chi connectivity index (χ4v) is 2.16. The number of carbonyl (C=O) groups excluding carboxylic acids is 1. The van der Waals surface area contributed by atoms with E-state index in [4.69, 9.17) is 5.11 Å². The smallest absolute Gasteiger partial charge is 0.223 e. The Balaban J connectivity index is 1.95. The Morgan fingerprint density at radius 3 is 3.06 bits per heavy atom. The first kappa shape index (κ1) is 11.1. The zero-order chi connectivity index (χ0) is 11.5. The Labute approximate surface area is 94.7 Å². The van der Waals surface area contributed by atoms with Gasteiger partial charge in [0.2, 0.25) is 5.91 Å². The number of amides is 1. The minimum atomic E-state index is 0.0973. The number of aliphatic hydroxyl groups is 1. The van der Waals surface area contributed by atoms with Gasteiger partial charge in [-0.3, -0.25) is 4.79 Å². The van der Waals surface area contributed by atoms with Gasteiger partial charge in [-0.2, -0.15) is 0 Å². The number of hydrogen-bond donors (Lipinski definition) is 1. The van der Waals surface area contributed by atoms with Crippen LogP contribution in [0.15, 0.2) is 18.7 Å². The summed E-state index contributed by atoms with van der Waals surface area (Å²) in [5, 5.41) is 9.05. The van der Waals surface area contributed by atoms with E-state index in [9.17, 15) is 4.79 Å². The van der Waals surface area contributed by atoms with Crippen LogP contribution < -0.4 is 0 Å². The molecule has 0 radical (unpaired) electrons. The van der Waals surface area contributed by atoms with Crippen LogP contribution in [0.2, 0.25) is 0 Å². The van der Waals surface area contributed by atoms with Gasteiger partial charge in [0, 0.05) is 50.5 Å². The molecule has 1 amide bonds. The van der Waals surface area contributed by atoms with E-state index in [0.29, 0.717) is 13.0 Å². The van der Waals surface area contributed by atoms with Crippen molar-refractivity contribution in [1.82, 2.24) is 14.5 Å². The average molecular weight is 223 g/mol. The predicted molar refractivity (Wildman–Crippen MR) is 58.6 cm³/mol. The number of aliphatic hydroxyl groups excluding tert-OH is 1. The van der Waals surface area contributed by atoms with Crippen LogP contribution in [0.4, 0.5) is 0 Å². The predicted octanol–water partition coefficient (Wildman–Crippen LogP) is 0.112. The number of likely N-dealkylation sites (tertiary alicyclic amines) is 1. The molecule has 0 aliphatic carbocycles. The lowest BCUT2D eigenvalue weighted by atomic mass is 10.1. The standard InChI is InChI=1S/C11H17N3O2/c1-9(5-13-3-2-12-8-13)14-6-10(7-15)4-11(14)16/h2-3,8-10,15H,4-7H2,1H3. The van der Waals surface area contributed by atoms with Gasteiger partial charge in [0.15, 0.2) is 0 Å². The molecule has 2 heterocycles. The van der Waals surface area contributed by atoms with Gasteiger partial charge in [-0.1, -0.05) is 0 Å². The van der Waals surface area contributed by atoms with Gasteiger partial charge < -0.3 is 14.6 Å². The van der Waals surface area contributed by atoms with Crippen molar-refractivity contribution in [2.24, 2.45) is 5.92 Å². The molecule has 2 unspecified atom stereocenters. The van der Waals surface area contributed by atoms with Crippen molar-refractivity contribution in [1.29, 1.82) is 0 Å². The van der Waals surface area contributed by atoms with Crippen LogP contribution >= 0.6 is 0 Å². The molecule has 1 fully saturated rings. The van der Waals surface area contributed by atoms with Crippen LogP contribution in [0, 0.1) is 5.92 Å². The van der Waals surface area contributed by atoms with E-state index in [1.54, 1.807) is 12.5 Å². The Morgan fingerprint density at radius 2 is 2.50 bits per heavy atom. The number of nitrogens with zero attached hydrogens (tertiary/aromatic N) is 3. The molecule has 0 bridgehead atoms. The Hall–Kier alpha value is -1.36. The van der Waals surface area contributed by atoms with Crippen molar-refractivity contribution in [3.63, 3.8) is 0 Å². The van der Waals surface area contributed by atoms with E-state index in [1.807, 2.05) is 22.6 Å². The second kappa shape index (κ2) is 4.65. The van der Waals surface area contributed by atoms with Crippen LogP contribution in [0.3, 0.4) is 0 Å². The van der Waals surface area contributed by atoms with E-state index >= 15 is 0 Å². The Morgan fingerprint density at radius 1 is 1.69 bits per heavy atom. The summed E-state index contributed by atoms with van der Waals surface area (Å²) >= 11 is 0. The van der Waals surface area contributed by atoms with Gasteiger partial charge in [-0.15, -0.1) is 0 Å². The number of carbonyl (C=O) groups is 1. The number of aromatic nitrogens is 2. The molecular formula is C11H17N3O2. The first-order valence-corrected chi connectivity index (χ1v) is 5.56. The molecule has 5 nitrogen and oxygen atoms in total. The lowest BCUT2D eigenvalue weighted by Crippen LogP contribution is -2.37. The number of imidazole rings is 1. The van der Waals surface area contributed by atoms with Crippen LogP contribution in [0.1, 0.15) is 13.3 Å². The SMILES string of the molecule is CC(Cn1ccnc1)N1CC(CO)CC1=O. The maximum Gasteiger partial charge on any atom is 0.223 e. The molecule has 0 saturated carbocycles. The lowest BCUT2D eigenvalue weighted by Gasteiger charge is -2.25. The van der Waals surface area contributed by atoms with Crippen molar-refractivity contribution < 1.29 is 9.90 Å². The molecule has 5 heteroatoms. The van der Waals surface area contributed by atoms with Crippen LogP contribution in [0.25, 0.3) is 0 Å². The fraction of sp³-hybridized carbons (Fsp3) is 0.636. The van der Waals surface area contributed by atoms with Crippen molar-refractivity contribution in [3.8, 4) is 0 Å². The summed E-state index contributed by atoms with van der Waals surface area (Å²) < 4.78 is 1.96. The molecule has 0 spiro atoms. The molecule has 88 valence electrons. The van der Waals surface area contributed by atoms with Gasteiger partial charge in [-0.25, -0.2) is 4.98 Å². The van der Waals surface area contributed by atoms with Gasteiger partial charge in [0.25, 0.3) is 0 Å². The summed E-state index contributed by atoms with van der Waals surface area (Å²) in [6, 6.07) is 0.151. The second-order valence-corrected chi connectivity index (χ2v) is 4.41. The summed E-state index contributed by atoms with van der Waals surface area (Å²) in [5.74, 6) is 0.254. The summed E-state index contributed by atoms with van der Waals surface area (Å²) in [6.07, 6.45) is 5.85. The highest BCUT2D eigenvalue weighted by Crippen LogP contribution is 2.20. The van der Waals surface area contributed by atoms with E-state index < -0.39 is 0 Å². The Bertz CT molecular complexity index is 350. The van der Waals surface area contributed by atoms with E-state index in [-0.39, 0.29) is 24.5 Å². The normalized spacial score (nSPS) is 22.8. The molecule has 2 atom stereocenters. The summed E-state index contributed by atoms with van der Waals surface area (Å²) in [5.41, 5.74) is 0. The van der Waals surface area contributed by atoms with E-state index in [1.165, 1.54) is 0 Å². The lowest BCUT2D eigenvalue weighted by molar-refractivity contribution is -0.129. The molecule has 2 rings (SSSR count). The first-order chi connectivity index (χ1) is 7.70. The molecular weight excluding hydrogens is 206 g/mol. The molecule has 0 aromatic carbocycles. The molecule has 1 aromatic heterocycles. The van der Waals surface area contributed by atoms with E-state index in [2.05, 4.69) is 4.98 Å². The molecule has 1 aromatic rings. The van der Waals surface area contributed by atoms with Crippen LogP contribution in [-0.4, -0.2) is 44.7 Å². The van der Waals surface area contributed by atoms with E-state index in [0.717, 1.165) is 6.54 Å².